The molecule has 1 rings (SSSR count). The van der Waals surface area contributed by atoms with Gasteiger partial charge in [0.15, 0.2) is 0 Å². The van der Waals surface area contributed by atoms with Crippen LogP contribution in [0.1, 0.15) is 37.0 Å². The van der Waals surface area contributed by atoms with Gasteiger partial charge in [-0.15, -0.1) is 0 Å². The van der Waals surface area contributed by atoms with Gasteiger partial charge in [-0.3, -0.25) is 4.79 Å². The van der Waals surface area contributed by atoms with E-state index in [2.05, 4.69) is 5.32 Å². The van der Waals surface area contributed by atoms with E-state index in [1.165, 1.54) is 19.2 Å². The summed E-state index contributed by atoms with van der Waals surface area (Å²) in [5.74, 6) is -1.43. The fraction of sp³-hybridized carbons (Fsp3) is 0.429. The second-order valence-corrected chi connectivity index (χ2v) is 5.06. The fourth-order valence-corrected chi connectivity index (χ4v) is 2.01. The van der Waals surface area contributed by atoms with Crippen LogP contribution in [0.4, 0.5) is 5.69 Å². The quantitative estimate of drug-likeness (QED) is 0.748. The third kappa shape index (κ3) is 3.65. The first-order chi connectivity index (χ1) is 9.78. The number of methoxy groups -OCH3 is 1. The summed E-state index contributed by atoms with van der Waals surface area (Å²) in [5.41, 5.74) is 5.19. The molecule has 0 aliphatic heterocycles. The highest BCUT2D eigenvalue weighted by molar-refractivity contribution is 6.34. The molecular formula is C14H19ClN2O4. The number of ether oxygens (including phenoxy) is 1. The first-order valence-electron chi connectivity index (χ1n) is 6.50. The molecule has 0 fully saturated rings. The highest BCUT2D eigenvalue weighted by Gasteiger charge is 2.30. The van der Waals surface area contributed by atoms with Crippen molar-refractivity contribution < 1.29 is 19.4 Å². The van der Waals surface area contributed by atoms with Crippen molar-refractivity contribution in [3.8, 4) is 5.75 Å². The molecule has 1 aromatic carbocycles. The predicted molar refractivity (Wildman–Crippen MR) is 81.1 cm³/mol. The van der Waals surface area contributed by atoms with E-state index in [0.717, 1.165) is 0 Å². The van der Waals surface area contributed by atoms with Crippen LogP contribution in [0, 0.1) is 0 Å². The Morgan fingerprint density at radius 1 is 1.38 bits per heavy atom. The van der Waals surface area contributed by atoms with Crippen LogP contribution in [0.15, 0.2) is 12.1 Å². The van der Waals surface area contributed by atoms with E-state index in [1.54, 1.807) is 0 Å². The number of hydrogen-bond donors (Lipinski definition) is 3. The normalized spacial score (nSPS) is 11.1. The van der Waals surface area contributed by atoms with Crippen molar-refractivity contribution in [2.45, 2.75) is 32.2 Å². The van der Waals surface area contributed by atoms with Crippen molar-refractivity contribution in [2.24, 2.45) is 5.73 Å². The van der Waals surface area contributed by atoms with Crippen LogP contribution in [0.2, 0.25) is 5.02 Å². The zero-order valence-corrected chi connectivity index (χ0v) is 13.0. The number of nitrogens with one attached hydrogen (secondary N) is 1. The van der Waals surface area contributed by atoms with Crippen LogP contribution < -0.4 is 15.8 Å². The lowest BCUT2D eigenvalue weighted by Gasteiger charge is -2.25. The van der Waals surface area contributed by atoms with Gasteiger partial charge in [-0.05, 0) is 18.9 Å². The maximum Gasteiger partial charge on any atom is 0.339 e. The first-order valence-corrected chi connectivity index (χ1v) is 6.88. The second kappa shape index (κ2) is 6.78. The largest absolute Gasteiger partial charge is 0.496 e. The molecule has 0 bridgehead atoms. The summed E-state index contributed by atoms with van der Waals surface area (Å²) in [5, 5.41) is 11.8. The molecule has 1 amide bonds. The molecule has 0 aromatic heterocycles. The molecule has 0 unspecified atom stereocenters. The minimum atomic E-state index is -1.16. The molecule has 0 spiro atoms. The summed E-state index contributed by atoms with van der Waals surface area (Å²) in [6.07, 6.45) is 0.939. The van der Waals surface area contributed by atoms with E-state index >= 15 is 0 Å². The molecule has 21 heavy (non-hydrogen) atoms. The molecular weight excluding hydrogens is 296 g/mol. The van der Waals surface area contributed by atoms with E-state index in [4.69, 9.17) is 27.2 Å². The molecule has 7 heteroatoms. The molecule has 0 saturated carbocycles. The number of carbonyl (C=O) groups excluding carboxylic acids is 1. The van der Waals surface area contributed by atoms with Gasteiger partial charge in [0, 0.05) is 6.07 Å². The molecule has 6 nitrogen and oxygen atoms in total. The van der Waals surface area contributed by atoms with Crippen molar-refractivity contribution in [3.05, 3.63) is 22.7 Å². The van der Waals surface area contributed by atoms with Gasteiger partial charge in [-0.1, -0.05) is 25.4 Å². The number of carbonyl (C=O) groups is 2. The Morgan fingerprint density at radius 2 is 1.95 bits per heavy atom. The van der Waals surface area contributed by atoms with Gasteiger partial charge in [0.05, 0.1) is 23.4 Å². The molecule has 0 aliphatic carbocycles. The number of nitrogens with two attached hydrogens (primary N) is 1. The third-order valence-corrected chi connectivity index (χ3v) is 3.79. The zero-order valence-electron chi connectivity index (χ0n) is 12.2. The highest BCUT2D eigenvalue weighted by Crippen LogP contribution is 2.31. The number of halogens is 1. The Morgan fingerprint density at radius 3 is 2.38 bits per heavy atom. The minimum Gasteiger partial charge on any atom is -0.496 e. The van der Waals surface area contributed by atoms with Gasteiger partial charge in [-0.2, -0.15) is 0 Å². The number of anilines is 1. The van der Waals surface area contributed by atoms with Crippen molar-refractivity contribution in [1.82, 2.24) is 0 Å². The fourth-order valence-electron chi connectivity index (χ4n) is 1.80. The van der Waals surface area contributed by atoms with Gasteiger partial charge < -0.3 is 20.9 Å². The van der Waals surface area contributed by atoms with E-state index < -0.39 is 11.5 Å². The Bertz CT molecular complexity index is 556. The lowest BCUT2D eigenvalue weighted by Crippen LogP contribution is -2.50. The summed E-state index contributed by atoms with van der Waals surface area (Å²) >= 11 is 6.01. The van der Waals surface area contributed by atoms with Crippen molar-refractivity contribution in [3.63, 3.8) is 0 Å². The average molecular weight is 315 g/mol. The van der Waals surface area contributed by atoms with Gasteiger partial charge in [-0.25, -0.2) is 4.79 Å². The third-order valence-electron chi connectivity index (χ3n) is 3.48. The number of aromatic carboxylic acids is 1. The number of benzene rings is 1. The van der Waals surface area contributed by atoms with Crippen LogP contribution in [-0.4, -0.2) is 29.6 Å². The van der Waals surface area contributed by atoms with Crippen LogP contribution in [-0.2, 0) is 4.79 Å². The van der Waals surface area contributed by atoms with Gasteiger partial charge >= 0.3 is 5.97 Å². The van der Waals surface area contributed by atoms with E-state index in [-0.39, 0.29) is 27.9 Å². The number of amides is 1. The molecule has 1 aromatic rings. The summed E-state index contributed by atoms with van der Waals surface area (Å²) in [7, 11) is 1.34. The van der Waals surface area contributed by atoms with Crippen molar-refractivity contribution in [1.29, 1.82) is 0 Å². The summed E-state index contributed by atoms with van der Waals surface area (Å²) in [4.78, 5) is 23.3. The Kier molecular flexibility index (Phi) is 5.57. The lowest BCUT2D eigenvalue weighted by molar-refractivity contribution is -0.121. The Balaban J connectivity index is 3.15. The summed E-state index contributed by atoms with van der Waals surface area (Å²) in [6.45, 7) is 3.64. The van der Waals surface area contributed by atoms with Crippen molar-refractivity contribution >= 4 is 29.2 Å². The monoisotopic (exact) mass is 314 g/mol. The van der Waals surface area contributed by atoms with Crippen LogP contribution in [0.5, 0.6) is 5.75 Å². The van der Waals surface area contributed by atoms with Crippen molar-refractivity contribution in [2.75, 3.05) is 12.4 Å². The number of carboxylic acids is 1. The number of hydrogen-bond acceptors (Lipinski definition) is 4. The summed E-state index contributed by atoms with van der Waals surface area (Å²) < 4.78 is 5.00. The number of carboxylic acid groups (broad SMARTS) is 1. The zero-order chi connectivity index (χ0) is 16.2. The Hall–Kier alpha value is -1.79. The maximum absolute atomic E-state index is 12.2. The first kappa shape index (κ1) is 17.3. The smallest absolute Gasteiger partial charge is 0.339 e. The SMILES string of the molecule is CCC(N)(CC)C(=O)Nc1cc(OC)c(C(=O)O)cc1Cl. The molecule has 4 N–H and O–H groups in total. The summed E-state index contributed by atoms with van der Waals surface area (Å²) in [6, 6.07) is 2.60. The maximum atomic E-state index is 12.2. The predicted octanol–water partition coefficient (Wildman–Crippen LogP) is 2.50. The highest BCUT2D eigenvalue weighted by atomic mass is 35.5. The van der Waals surface area contributed by atoms with E-state index in [0.29, 0.717) is 12.8 Å². The number of rotatable bonds is 6. The minimum absolute atomic E-state index is 0.0782. The van der Waals surface area contributed by atoms with Crippen LogP contribution >= 0.6 is 11.6 Å². The Labute approximate surface area is 128 Å². The molecule has 0 radical (unpaired) electrons. The van der Waals surface area contributed by atoms with Gasteiger partial charge in [0.2, 0.25) is 5.91 Å². The molecule has 0 aliphatic rings. The van der Waals surface area contributed by atoms with Crippen LogP contribution in [0.3, 0.4) is 0 Å². The van der Waals surface area contributed by atoms with Gasteiger partial charge in [0.1, 0.15) is 11.3 Å². The standard InChI is InChI=1S/C14H19ClN2O4/c1-4-14(16,5-2)13(20)17-10-7-11(21-3)8(12(18)19)6-9(10)15/h6-7H,4-5,16H2,1-3H3,(H,17,20)(H,18,19). The van der Waals surface area contributed by atoms with Gasteiger partial charge in [0.25, 0.3) is 0 Å². The molecule has 0 saturated heterocycles. The lowest BCUT2D eigenvalue weighted by atomic mass is 9.93. The topological polar surface area (TPSA) is 102 Å². The van der Waals surface area contributed by atoms with E-state index in [9.17, 15) is 9.59 Å². The second-order valence-electron chi connectivity index (χ2n) is 4.65. The average Bonchev–Trinajstić information content (AvgIpc) is 2.47. The van der Waals surface area contributed by atoms with Crippen LogP contribution in [0.25, 0.3) is 0 Å². The molecule has 116 valence electrons. The molecule has 0 heterocycles. The molecule has 0 atom stereocenters. The van der Waals surface area contributed by atoms with E-state index in [1.807, 2.05) is 13.8 Å².